The normalized spacial score (nSPS) is 18.8. The number of hydrogen-bond donors (Lipinski definition) is 1. The number of ether oxygens (including phenoxy) is 1. The standard InChI is InChI=1S/C13H21N3O/c1-13(6-9-14-10-7-13)17-11-5-4-8-15-12(11)16(2)3/h4-5,8,14H,6-7,9-10H2,1-3H3. The molecule has 1 aliphatic rings. The van der Waals surface area contributed by atoms with E-state index in [4.69, 9.17) is 4.74 Å². The summed E-state index contributed by atoms with van der Waals surface area (Å²) in [6, 6.07) is 3.92. The van der Waals surface area contributed by atoms with E-state index in [1.807, 2.05) is 31.1 Å². The minimum absolute atomic E-state index is 0.0704. The van der Waals surface area contributed by atoms with Crippen molar-refractivity contribution >= 4 is 5.82 Å². The Morgan fingerprint density at radius 3 is 2.71 bits per heavy atom. The number of pyridine rings is 1. The molecule has 0 unspecified atom stereocenters. The number of aromatic nitrogens is 1. The molecule has 4 nitrogen and oxygen atoms in total. The SMILES string of the molecule is CN(C)c1ncccc1OC1(C)CCNCC1. The second kappa shape index (κ2) is 4.92. The van der Waals surface area contributed by atoms with Crippen LogP contribution in [0.2, 0.25) is 0 Å². The predicted molar refractivity (Wildman–Crippen MR) is 69.7 cm³/mol. The number of nitrogens with zero attached hydrogens (tertiary/aromatic N) is 2. The lowest BCUT2D eigenvalue weighted by Crippen LogP contribution is -2.44. The molecule has 1 aliphatic heterocycles. The van der Waals surface area contributed by atoms with Crippen molar-refractivity contribution in [3.8, 4) is 5.75 Å². The van der Waals surface area contributed by atoms with Gasteiger partial charge >= 0.3 is 0 Å². The zero-order valence-electron chi connectivity index (χ0n) is 10.9. The molecule has 4 heteroatoms. The van der Waals surface area contributed by atoms with Gasteiger partial charge in [0.25, 0.3) is 0 Å². The predicted octanol–water partition coefficient (Wildman–Crippen LogP) is 1.67. The van der Waals surface area contributed by atoms with Crippen LogP contribution in [-0.2, 0) is 0 Å². The van der Waals surface area contributed by atoms with Crippen LogP contribution in [0.3, 0.4) is 0 Å². The van der Waals surface area contributed by atoms with Crippen molar-refractivity contribution in [3.05, 3.63) is 18.3 Å². The van der Waals surface area contributed by atoms with Crippen molar-refractivity contribution in [1.82, 2.24) is 10.3 Å². The van der Waals surface area contributed by atoms with Crippen LogP contribution in [0.4, 0.5) is 5.82 Å². The Hall–Kier alpha value is -1.29. The van der Waals surface area contributed by atoms with E-state index in [1.54, 1.807) is 6.20 Å². The summed E-state index contributed by atoms with van der Waals surface area (Å²) in [5, 5.41) is 3.36. The fourth-order valence-electron chi connectivity index (χ4n) is 2.12. The molecule has 1 aromatic rings. The first-order chi connectivity index (χ1) is 8.11. The van der Waals surface area contributed by atoms with Gasteiger partial charge in [-0.2, -0.15) is 0 Å². The van der Waals surface area contributed by atoms with Crippen molar-refractivity contribution in [2.45, 2.75) is 25.4 Å². The van der Waals surface area contributed by atoms with Crippen LogP contribution in [0.25, 0.3) is 0 Å². The van der Waals surface area contributed by atoms with Crippen molar-refractivity contribution < 1.29 is 4.74 Å². The maximum atomic E-state index is 6.19. The van der Waals surface area contributed by atoms with Crippen LogP contribution in [0.5, 0.6) is 5.75 Å². The Kier molecular flexibility index (Phi) is 3.52. The molecule has 0 aliphatic carbocycles. The summed E-state index contributed by atoms with van der Waals surface area (Å²) in [6.45, 7) is 4.22. The lowest BCUT2D eigenvalue weighted by Gasteiger charge is -2.35. The van der Waals surface area contributed by atoms with Gasteiger partial charge in [-0.15, -0.1) is 0 Å². The highest BCUT2D eigenvalue weighted by molar-refractivity contribution is 5.51. The number of piperidine rings is 1. The van der Waals surface area contributed by atoms with Crippen LogP contribution in [0.1, 0.15) is 19.8 Å². The van der Waals surface area contributed by atoms with E-state index >= 15 is 0 Å². The molecule has 2 rings (SSSR count). The average Bonchev–Trinajstić information content (AvgIpc) is 2.29. The fraction of sp³-hybridized carbons (Fsp3) is 0.615. The van der Waals surface area contributed by atoms with Gasteiger partial charge in [-0.25, -0.2) is 4.98 Å². The molecule has 0 amide bonds. The second-order valence-electron chi connectivity index (χ2n) is 5.02. The monoisotopic (exact) mass is 235 g/mol. The minimum Gasteiger partial charge on any atom is -0.484 e. The molecule has 1 saturated heterocycles. The topological polar surface area (TPSA) is 37.4 Å². The highest BCUT2D eigenvalue weighted by Gasteiger charge is 2.29. The quantitative estimate of drug-likeness (QED) is 0.864. The summed E-state index contributed by atoms with van der Waals surface area (Å²) in [5.74, 6) is 1.77. The molecule has 0 radical (unpaired) electrons. The Balaban J connectivity index is 2.17. The van der Waals surface area contributed by atoms with Crippen LogP contribution >= 0.6 is 0 Å². The van der Waals surface area contributed by atoms with E-state index in [0.717, 1.165) is 37.5 Å². The van der Waals surface area contributed by atoms with E-state index in [0.29, 0.717) is 0 Å². The zero-order valence-corrected chi connectivity index (χ0v) is 10.9. The summed E-state index contributed by atoms with van der Waals surface area (Å²) in [5.41, 5.74) is -0.0704. The summed E-state index contributed by atoms with van der Waals surface area (Å²) < 4.78 is 6.19. The Labute approximate surface area is 103 Å². The average molecular weight is 235 g/mol. The number of anilines is 1. The lowest BCUT2D eigenvalue weighted by molar-refractivity contribution is 0.0558. The van der Waals surface area contributed by atoms with Gasteiger partial charge in [0, 0.05) is 20.3 Å². The molecule has 1 N–H and O–H groups in total. The molecular formula is C13H21N3O. The third kappa shape index (κ3) is 2.88. The van der Waals surface area contributed by atoms with E-state index in [9.17, 15) is 0 Å². The molecule has 17 heavy (non-hydrogen) atoms. The summed E-state index contributed by atoms with van der Waals surface area (Å²) in [7, 11) is 3.97. The van der Waals surface area contributed by atoms with E-state index in [-0.39, 0.29) is 5.60 Å². The largest absolute Gasteiger partial charge is 0.484 e. The van der Waals surface area contributed by atoms with Gasteiger partial charge in [-0.05, 0) is 45.0 Å². The van der Waals surface area contributed by atoms with E-state index in [1.165, 1.54) is 0 Å². The third-order valence-corrected chi connectivity index (χ3v) is 3.19. The molecule has 0 aromatic carbocycles. The first-order valence-electron chi connectivity index (χ1n) is 6.13. The van der Waals surface area contributed by atoms with Crippen LogP contribution in [0, 0.1) is 0 Å². The van der Waals surface area contributed by atoms with Crippen LogP contribution < -0.4 is 15.0 Å². The number of nitrogens with one attached hydrogen (secondary N) is 1. The first-order valence-corrected chi connectivity index (χ1v) is 6.13. The molecule has 1 aromatic heterocycles. The molecule has 0 atom stereocenters. The van der Waals surface area contributed by atoms with Crippen LogP contribution in [0.15, 0.2) is 18.3 Å². The lowest BCUT2D eigenvalue weighted by atomic mass is 9.94. The Morgan fingerprint density at radius 1 is 1.35 bits per heavy atom. The first kappa shape index (κ1) is 12.2. The summed E-state index contributed by atoms with van der Waals surface area (Å²) >= 11 is 0. The second-order valence-corrected chi connectivity index (χ2v) is 5.02. The maximum absolute atomic E-state index is 6.19. The van der Waals surface area contributed by atoms with Crippen LogP contribution in [-0.4, -0.2) is 37.8 Å². The fourth-order valence-corrected chi connectivity index (χ4v) is 2.12. The van der Waals surface area contributed by atoms with Crippen molar-refractivity contribution in [2.75, 3.05) is 32.1 Å². The van der Waals surface area contributed by atoms with E-state index in [2.05, 4.69) is 17.2 Å². The Bertz CT molecular complexity index is 373. The molecule has 2 heterocycles. The molecule has 1 fully saturated rings. The summed E-state index contributed by atoms with van der Waals surface area (Å²) in [4.78, 5) is 6.35. The molecule has 94 valence electrons. The zero-order chi connectivity index (χ0) is 12.3. The van der Waals surface area contributed by atoms with Gasteiger partial charge in [0.05, 0.1) is 0 Å². The highest BCUT2D eigenvalue weighted by Crippen LogP contribution is 2.31. The number of rotatable bonds is 3. The van der Waals surface area contributed by atoms with Gasteiger partial charge in [-0.3, -0.25) is 0 Å². The maximum Gasteiger partial charge on any atom is 0.170 e. The smallest absolute Gasteiger partial charge is 0.170 e. The molecular weight excluding hydrogens is 214 g/mol. The molecule has 0 spiro atoms. The van der Waals surface area contributed by atoms with Gasteiger partial charge in [0.15, 0.2) is 11.6 Å². The summed E-state index contributed by atoms with van der Waals surface area (Å²) in [6.07, 6.45) is 3.87. The minimum atomic E-state index is -0.0704. The third-order valence-electron chi connectivity index (χ3n) is 3.19. The van der Waals surface area contributed by atoms with Crippen molar-refractivity contribution in [2.24, 2.45) is 0 Å². The Morgan fingerprint density at radius 2 is 2.06 bits per heavy atom. The van der Waals surface area contributed by atoms with Gasteiger partial charge in [-0.1, -0.05) is 0 Å². The van der Waals surface area contributed by atoms with Gasteiger partial charge in [0.2, 0.25) is 0 Å². The highest BCUT2D eigenvalue weighted by atomic mass is 16.5. The van der Waals surface area contributed by atoms with Crippen molar-refractivity contribution in [3.63, 3.8) is 0 Å². The van der Waals surface area contributed by atoms with Gasteiger partial charge < -0.3 is 15.0 Å². The molecule has 0 bridgehead atoms. The van der Waals surface area contributed by atoms with E-state index < -0.39 is 0 Å². The number of hydrogen-bond acceptors (Lipinski definition) is 4. The van der Waals surface area contributed by atoms with Crippen molar-refractivity contribution in [1.29, 1.82) is 0 Å². The molecule has 0 saturated carbocycles. The van der Waals surface area contributed by atoms with Gasteiger partial charge in [0.1, 0.15) is 5.60 Å².